The fourth-order valence-corrected chi connectivity index (χ4v) is 5.21. The molecular formula is C20H28N2O7S2. The Kier molecular flexibility index (Phi) is 11.9. The minimum atomic E-state index is -0.819. The zero-order valence-electron chi connectivity index (χ0n) is 18.1. The molecule has 0 radical (unpaired) electrons. The lowest BCUT2D eigenvalue weighted by Gasteiger charge is -2.23. The molecule has 3 atom stereocenters. The predicted molar refractivity (Wildman–Crippen MR) is 120 cm³/mol. The van der Waals surface area contributed by atoms with Gasteiger partial charge in [0.2, 0.25) is 11.8 Å². The number of benzene rings is 1. The molecule has 2 amide bonds. The van der Waals surface area contributed by atoms with Crippen molar-refractivity contribution in [2.24, 2.45) is 0 Å². The lowest BCUT2D eigenvalue weighted by Crippen LogP contribution is -2.43. The van der Waals surface area contributed by atoms with Crippen LogP contribution in [0.5, 0.6) is 5.75 Å². The second kappa shape index (κ2) is 13.8. The second-order valence-corrected chi connectivity index (χ2v) is 8.90. The SMILES string of the molecule is COC(=O)[C@H](CSC(SC[C@@H](NC(C)=O)C(=O)OC)c1ccc(OC)cc1)NC(C)=O. The number of amides is 2. The number of hydrogen-bond donors (Lipinski definition) is 2. The summed E-state index contributed by atoms with van der Waals surface area (Å²) >= 11 is 2.81. The number of carbonyl (C=O) groups excluding carboxylic acids is 4. The average Bonchev–Trinajstić information content (AvgIpc) is 2.75. The first-order valence-electron chi connectivity index (χ1n) is 9.28. The molecule has 0 saturated heterocycles. The van der Waals surface area contributed by atoms with Crippen molar-refractivity contribution in [3.63, 3.8) is 0 Å². The lowest BCUT2D eigenvalue weighted by molar-refractivity contribution is -0.144. The molecule has 0 bridgehead atoms. The minimum Gasteiger partial charge on any atom is -0.497 e. The topological polar surface area (TPSA) is 120 Å². The second-order valence-electron chi connectivity index (χ2n) is 6.32. The van der Waals surface area contributed by atoms with Gasteiger partial charge in [0.05, 0.1) is 25.9 Å². The highest BCUT2D eigenvalue weighted by Gasteiger charge is 2.26. The Morgan fingerprint density at radius 3 is 1.55 bits per heavy atom. The number of carbonyl (C=O) groups is 4. The van der Waals surface area contributed by atoms with Crippen molar-refractivity contribution in [1.82, 2.24) is 10.6 Å². The first-order valence-corrected chi connectivity index (χ1v) is 11.4. The van der Waals surface area contributed by atoms with Gasteiger partial charge in [-0.05, 0) is 17.7 Å². The number of hydrogen-bond acceptors (Lipinski definition) is 9. The lowest BCUT2D eigenvalue weighted by atomic mass is 10.2. The summed E-state index contributed by atoms with van der Waals surface area (Å²) < 4.78 is 14.5. The van der Waals surface area contributed by atoms with E-state index in [4.69, 9.17) is 14.2 Å². The van der Waals surface area contributed by atoms with Crippen LogP contribution in [0, 0.1) is 0 Å². The van der Waals surface area contributed by atoms with E-state index < -0.39 is 24.0 Å². The van der Waals surface area contributed by atoms with Gasteiger partial charge in [-0.1, -0.05) is 12.1 Å². The van der Waals surface area contributed by atoms with Crippen molar-refractivity contribution < 1.29 is 33.4 Å². The van der Waals surface area contributed by atoms with Crippen LogP contribution in [-0.2, 0) is 28.7 Å². The highest BCUT2D eigenvalue weighted by Crippen LogP contribution is 2.40. The Balaban J connectivity index is 3.01. The summed E-state index contributed by atoms with van der Waals surface area (Å²) in [5.41, 5.74) is 0.911. The van der Waals surface area contributed by atoms with E-state index >= 15 is 0 Å². The van der Waals surface area contributed by atoms with Crippen LogP contribution < -0.4 is 15.4 Å². The molecule has 0 heterocycles. The van der Waals surface area contributed by atoms with Gasteiger partial charge in [0.25, 0.3) is 0 Å². The van der Waals surface area contributed by atoms with Crippen molar-refractivity contribution in [3.8, 4) is 5.75 Å². The van der Waals surface area contributed by atoms with Gasteiger partial charge < -0.3 is 24.8 Å². The molecule has 9 nitrogen and oxygen atoms in total. The first-order chi connectivity index (χ1) is 14.7. The molecule has 0 aliphatic rings. The van der Waals surface area contributed by atoms with Gasteiger partial charge in [0, 0.05) is 25.4 Å². The summed E-state index contributed by atoms with van der Waals surface area (Å²) in [7, 11) is 4.08. The van der Waals surface area contributed by atoms with E-state index in [1.54, 1.807) is 19.2 Å². The zero-order valence-corrected chi connectivity index (χ0v) is 19.8. The molecule has 2 N–H and O–H groups in total. The van der Waals surface area contributed by atoms with E-state index in [2.05, 4.69) is 10.6 Å². The van der Waals surface area contributed by atoms with Crippen molar-refractivity contribution in [2.75, 3.05) is 32.8 Å². The van der Waals surface area contributed by atoms with Gasteiger partial charge in [-0.15, -0.1) is 23.5 Å². The standard InChI is InChI=1S/C20H28N2O7S2/c1-12(23)21-16(18(25)28-4)10-30-20(14-6-8-15(27-3)9-7-14)31-11-17(19(26)29-5)22-13(2)24/h6-9,16-17,20H,10-11H2,1-5H3,(H,21,23)(H,22,24)/t16-,17+,20?. The molecule has 11 heteroatoms. The highest BCUT2D eigenvalue weighted by atomic mass is 32.2. The molecule has 0 fully saturated rings. The quantitative estimate of drug-likeness (QED) is 0.344. The molecule has 31 heavy (non-hydrogen) atoms. The third-order valence-corrected chi connectivity index (χ3v) is 6.96. The molecule has 0 saturated carbocycles. The smallest absolute Gasteiger partial charge is 0.329 e. The minimum absolute atomic E-state index is 0.215. The Labute approximate surface area is 190 Å². The van der Waals surface area contributed by atoms with Crippen molar-refractivity contribution in [3.05, 3.63) is 29.8 Å². The van der Waals surface area contributed by atoms with Crippen molar-refractivity contribution in [1.29, 1.82) is 0 Å². The number of esters is 2. The zero-order chi connectivity index (χ0) is 23.4. The molecule has 0 aliphatic carbocycles. The molecular weight excluding hydrogens is 444 g/mol. The van der Waals surface area contributed by atoms with Gasteiger partial charge in [-0.2, -0.15) is 0 Å². The van der Waals surface area contributed by atoms with Crippen LogP contribution in [0.1, 0.15) is 24.0 Å². The molecule has 1 unspecified atom stereocenters. The highest BCUT2D eigenvalue weighted by molar-refractivity contribution is 8.16. The van der Waals surface area contributed by atoms with Gasteiger partial charge >= 0.3 is 11.9 Å². The first kappa shape index (κ1) is 26.6. The van der Waals surface area contributed by atoms with E-state index in [0.29, 0.717) is 5.75 Å². The summed E-state index contributed by atoms with van der Waals surface area (Å²) in [5.74, 6) is -0.604. The largest absolute Gasteiger partial charge is 0.497 e. The summed E-state index contributed by atoms with van der Waals surface area (Å²) in [6.45, 7) is 2.65. The molecule has 1 aromatic carbocycles. The third-order valence-electron chi connectivity index (χ3n) is 3.94. The third kappa shape index (κ3) is 9.52. The molecule has 172 valence electrons. The van der Waals surface area contributed by atoms with Gasteiger partial charge in [0.1, 0.15) is 17.8 Å². The Hall–Kier alpha value is -2.40. The van der Waals surface area contributed by atoms with Crippen LogP contribution in [0.15, 0.2) is 24.3 Å². The maximum Gasteiger partial charge on any atom is 0.329 e. The molecule has 0 spiro atoms. The fourth-order valence-electron chi connectivity index (χ4n) is 2.48. The number of thioether (sulfide) groups is 2. The van der Waals surface area contributed by atoms with Crippen LogP contribution in [0.25, 0.3) is 0 Å². The molecule has 1 aromatic rings. The van der Waals surface area contributed by atoms with Crippen LogP contribution >= 0.6 is 23.5 Å². The van der Waals surface area contributed by atoms with E-state index in [1.165, 1.54) is 51.6 Å². The number of nitrogens with one attached hydrogen (secondary N) is 2. The van der Waals surface area contributed by atoms with Crippen LogP contribution in [0.4, 0.5) is 0 Å². The summed E-state index contributed by atoms with van der Waals surface area (Å²) in [5, 5.41) is 5.16. The van der Waals surface area contributed by atoms with Crippen LogP contribution in [-0.4, -0.2) is 68.7 Å². The summed E-state index contributed by atoms with van der Waals surface area (Å²) in [6, 6.07) is 5.73. The molecule has 0 aromatic heterocycles. The van der Waals surface area contributed by atoms with Gasteiger partial charge in [-0.25, -0.2) is 9.59 Å². The van der Waals surface area contributed by atoms with E-state index in [0.717, 1.165) is 5.56 Å². The van der Waals surface area contributed by atoms with Crippen LogP contribution in [0.2, 0.25) is 0 Å². The average molecular weight is 473 g/mol. The normalized spacial score (nSPS) is 13.3. The van der Waals surface area contributed by atoms with E-state index in [-0.39, 0.29) is 27.9 Å². The van der Waals surface area contributed by atoms with E-state index in [9.17, 15) is 19.2 Å². The predicted octanol–water partition coefficient (Wildman–Crippen LogP) is 1.52. The van der Waals surface area contributed by atoms with Crippen molar-refractivity contribution >= 4 is 47.3 Å². The molecule has 0 aliphatic heterocycles. The maximum atomic E-state index is 12.0. The molecule has 1 rings (SSSR count). The van der Waals surface area contributed by atoms with Gasteiger partial charge in [0.15, 0.2) is 0 Å². The Morgan fingerprint density at radius 2 is 1.23 bits per heavy atom. The van der Waals surface area contributed by atoms with Gasteiger partial charge in [-0.3, -0.25) is 9.59 Å². The number of methoxy groups -OCH3 is 3. The number of rotatable bonds is 12. The van der Waals surface area contributed by atoms with Crippen molar-refractivity contribution in [2.45, 2.75) is 30.5 Å². The van der Waals surface area contributed by atoms with Crippen LogP contribution in [0.3, 0.4) is 0 Å². The summed E-state index contributed by atoms with van der Waals surface area (Å²) in [4.78, 5) is 46.9. The maximum absolute atomic E-state index is 12.0. The Bertz CT molecular complexity index is 718. The Morgan fingerprint density at radius 1 is 0.806 bits per heavy atom. The number of ether oxygens (including phenoxy) is 3. The van der Waals surface area contributed by atoms with E-state index in [1.807, 2.05) is 12.1 Å². The summed E-state index contributed by atoms with van der Waals surface area (Å²) in [6.07, 6.45) is 0. The monoisotopic (exact) mass is 472 g/mol. The fraction of sp³-hybridized carbons (Fsp3) is 0.500.